The van der Waals surface area contributed by atoms with E-state index in [-0.39, 0.29) is 5.41 Å². The minimum atomic E-state index is 0.118. The van der Waals surface area contributed by atoms with Crippen molar-refractivity contribution < 1.29 is 0 Å². The van der Waals surface area contributed by atoms with Crippen LogP contribution in [0.5, 0.6) is 0 Å². The first-order valence-corrected chi connectivity index (χ1v) is 7.59. The maximum atomic E-state index is 8.68. The van der Waals surface area contributed by atoms with E-state index < -0.39 is 0 Å². The Labute approximate surface area is 124 Å². The SMILES string of the molecule is CC(C)(CCC#N)CNc1cccc(-c2nccs2)c1. The van der Waals surface area contributed by atoms with Crippen molar-refractivity contribution in [1.82, 2.24) is 4.98 Å². The summed E-state index contributed by atoms with van der Waals surface area (Å²) < 4.78 is 0. The zero-order valence-corrected chi connectivity index (χ0v) is 12.7. The Morgan fingerprint density at radius 3 is 2.95 bits per heavy atom. The average Bonchev–Trinajstić information content (AvgIpc) is 2.98. The molecule has 4 heteroatoms. The lowest BCUT2D eigenvalue weighted by Crippen LogP contribution is -2.22. The molecule has 0 unspecified atom stereocenters. The highest BCUT2D eigenvalue weighted by Crippen LogP contribution is 2.26. The normalized spacial score (nSPS) is 11.1. The summed E-state index contributed by atoms with van der Waals surface area (Å²) in [7, 11) is 0. The lowest BCUT2D eigenvalue weighted by Gasteiger charge is -2.24. The maximum Gasteiger partial charge on any atom is 0.123 e. The first-order valence-electron chi connectivity index (χ1n) is 6.71. The summed E-state index contributed by atoms with van der Waals surface area (Å²) in [6.45, 7) is 5.22. The summed E-state index contributed by atoms with van der Waals surface area (Å²) in [6.07, 6.45) is 3.33. The Morgan fingerprint density at radius 2 is 2.25 bits per heavy atom. The highest BCUT2D eigenvalue weighted by Gasteiger charge is 2.17. The lowest BCUT2D eigenvalue weighted by atomic mass is 9.88. The fourth-order valence-electron chi connectivity index (χ4n) is 1.95. The van der Waals surface area contributed by atoms with Crippen LogP contribution < -0.4 is 5.32 Å². The van der Waals surface area contributed by atoms with Gasteiger partial charge < -0.3 is 5.32 Å². The van der Waals surface area contributed by atoms with Gasteiger partial charge in [0.1, 0.15) is 5.01 Å². The molecule has 0 aliphatic heterocycles. The number of benzene rings is 1. The van der Waals surface area contributed by atoms with Crippen LogP contribution >= 0.6 is 11.3 Å². The van der Waals surface area contributed by atoms with E-state index in [0.717, 1.165) is 29.2 Å². The number of anilines is 1. The van der Waals surface area contributed by atoms with Gasteiger partial charge in [-0.1, -0.05) is 26.0 Å². The first kappa shape index (κ1) is 14.5. The van der Waals surface area contributed by atoms with Crippen LogP contribution in [0.25, 0.3) is 10.6 Å². The van der Waals surface area contributed by atoms with E-state index >= 15 is 0 Å². The summed E-state index contributed by atoms with van der Waals surface area (Å²) in [4.78, 5) is 4.33. The largest absolute Gasteiger partial charge is 0.384 e. The molecule has 2 rings (SSSR count). The smallest absolute Gasteiger partial charge is 0.123 e. The van der Waals surface area contributed by atoms with Crippen LogP contribution in [0.15, 0.2) is 35.8 Å². The summed E-state index contributed by atoms with van der Waals surface area (Å²) in [5.74, 6) is 0. The monoisotopic (exact) mass is 285 g/mol. The summed E-state index contributed by atoms with van der Waals surface area (Å²) in [6, 6.07) is 10.5. The van der Waals surface area contributed by atoms with Gasteiger partial charge in [0.25, 0.3) is 0 Å². The molecule has 3 nitrogen and oxygen atoms in total. The zero-order valence-electron chi connectivity index (χ0n) is 11.9. The number of hydrogen-bond donors (Lipinski definition) is 1. The van der Waals surface area contributed by atoms with Crippen molar-refractivity contribution in [2.45, 2.75) is 26.7 Å². The molecule has 0 aliphatic rings. The average molecular weight is 285 g/mol. The quantitative estimate of drug-likeness (QED) is 0.847. The van der Waals surface area contributed by atoms with Crippen molar-refractivity contribution in [2.75, 3.05) is 11.9 Å². The molecule has 0 amide bonds. The molecule has 0 radical (unpaired) electrons. The highest BCUT2D eigenvalue weighted by molar-refractivity contribution is 7.13. The van der Waals surface area contributed by atoms with Crippen LogP contribution in [-0.2, 0) is 0 Å². The van der Waals surface area contributed by atoms with E-state index in [4.69, 9.17) is 5.26 Å². The van der Waals surface area contributed by atoms with Crippen LogP contribution in [0, 0.1) is 16.7 Å². The van der Waals surface area contributed by atoms with Gasteiger partial charge in [-0.05, 0) is 24.0 Å². The van der Waals surface area contributed by atoms with Crippen LogP contribution in [0.3, 0.4) is 0 Å². The standard InChI is InChI=1S/C16H19N3S/c1-16(2,7-4-8-17)12-19-14-6-3-5-13(11-14)15-18-9-10-20-15/h3,5-6,9-11,19H,4,7,12H2,1-2H3. The Balaban J connectivity index is 2.00. The Kier molecular flexibility index (Phi) is 4.75. The second-order valence-corrected chi connectivity index (χ2v) is 6.49. The topological polar surface area (TPSA) is 48.7 Å². The van der Waals surface area contributed by atoms with Crippen LogP contribution in [0.2, 0.25) is 0 Å². The minimum absolute atomic E-state index is 0.118. The number of aromatic nitrogens is 1. The highest BCUT2D eigenvalue weighted by atomic mass is 32.1. The predicted molar refractivity (Wildman–Crippen MR) is 84.7 cm³/mol. The molecule has 0 saturated carbocycles. The fourth-order valence-corrected chi connectivity index (χ4v) is 2.59. The van der Waals surface area contributed by atoms with Crippen molar-refractivity contribution in [3.8, 4) is 16.6 Å². The Hall–Kier alpha value is -1.86. The van der Waals surface area contributed by atoms with E-state index in [1.54, 1.807) is 11.3 Å². The van der Waals surface area contributed by atoms with Gasteiger partial charge >= 0.3 is 0 Å². The van der Waals surface area contributed by atoms with E-state index in [1.807, 2.05) is 17.6 Å². The number of nitrogens with zero attached hydrogens (tertiary/aromatic N) is 2. The van der Waals surface area contributed by atoms with Gasteiger partial charge in [0.05, 0.1) is 6.07 Å². The first-order chi connectivity index (χ1) is 9.61. The van der Waals surface area contributed by atoms with Gasteiger partial charge in [-0.2, -0.15) is 5.26 Å². The molecular weight excluding hydrogens is 266 g/mol. The minimum Gasteiger partial charge on any atom is -0.384 e. The number of nitriles is 1. The maximum absolute atomic E-state index is 8.68. The van der Waals surface area contributed by atoms with Crippen LogP contribution in [-0.4, -0.2) is 11.5 Å². The van der Waals surface area contributed by atoms with E-state index in [2.05, 4.69) is 48.4 Å². The number of rotatable bonds is 6. The van der Waals surface area contributed by atoms with E-state index in [1.165, 1.54) is 0 Å². The zero-order chi connectivity index (χ0) is 14.4. The molecule has 0 saturated heterocycles. The fraction of sp³-hybridized carbons (Fsp3) is 0.375. The molecule has 1 N–H and O–H groups in total. The van der Waals surface area contributed by atoms with E-state index in [0.29, 0.717) is 6.42 Å². The Bertz CT molecular complexity index is 582. The predicted octanol–water partition coefficient (Wildman–Crippen LogP) is 4.55. The molecule has 1 aromatic heterocycles. The molecule has 0 spiro atoms. The number of hydrogen-bond acceptors (Lipinski definition) is 4. The summed E-state index contributed by atoms with van der Waals surface area (Å²) in [5.41, 5.74) is 2.36. The van der Waals surface area contributed by atoms with Gasteiger partial charge in [-0.15, -0.1) is 11.3 Å². The second-order valence-electron chi connectivity index (χ2n) is 5.59. The molecule has 104 valence electrons. The lowest BCUT2D eigenvalue weighted by molar-refractivity contribution is 0.364. The van der Waals surface area contributed by atoms with Crippen molar-refractivity contribution >= 4 is 17.0 Å². The molecule has 1 aromatic carbocycles. The molecular formula is C16H19N3S. The third-order valence-corrected chi connectivity index (χ3v) is 4.05. The molecule has 0 aliphatic carbocycles. The third-order valence-electron chi connectivity index (χ3n) is 3.23. The van der Waals surface area contributed by atoms with E-state index in [9.17, 15) is 0 Å². The second kappa shape index (κ2) is 6.53. The van der Waals surface area contributed by atoms with Crippen molar-refractivity contribution in [2.24, 2.45) is 5.41 Å². The van der Waals surface area contributed by atoms with Crippen molar-refractivity contribution in [1.29, 1.82) is 5.26 Å². The molecule has 1 heterocycles. The molecule has 0 atom stereocenters. The molecule has 2 aromatic rings. The molecule has 0 fully saturated rings. The summed E-state index contributed by atoms with van der Waals surface area (Å²) in [5, 5.41) is 15.2. The third kappa shape index (κ3) is 4.07. The van der Waals surface area contributed by atoms with Crippen molar-refractivity contribution in [3.63, 3.8) is 0 Å². The molecule has 0 bridgehead atoms. The van der Waals surface area contributed by atoms with Gasteiger partial charge in [0.15, 0.2) is 0 Å². The number of thiazole rings is 1. The van der Waals surface area contributed by atoms with Gasteiger partial charge in [-0.25, -0.2) is 4.98 Å². The van der Waals surface area contributed by atoms with Crippen LogP contribution in [0.4, 0.5) is 5.69 Å². The van der Waals surface area contributed by atoms with Gasteiger partial charge in [-0.3, -0.25) is 0 Å². The van der Waals surface area contributed by atoms with Crippen molar-refractivity contribution in [3.05, 3.63) is 35.8 Å². The van der Waals surface area contributed by atoms with Gasteiger partial charge in [0, 0.05) is 35.8 Å². The van der Waals surface area contributed by atoms with Gasteiger partial charge in [0.2, 0.25) is 0 Å². The molecule has 20 heavy (non-hydrogen) atoms. The Morgan fingerprint density at radius 1 is 1.40 bits per heavy atom. The number of nitrogens with one attached hydrogen (secondary N) is 1. The summed E-state index contributed by atoms with van der Waals surface area (Å²) >= 11 is 1.64. The van der Waals surface area contributed by atoms with Crippen LogP contribution in [0.1, 0.15) is 26.7 Å².